The highest BCUT2D eigenvalue weighted by Crippen LogP contribution is 2.26. The van der Waals surface area contributed by atoms with Crippen LogP contribution in [0.25, 0.3) is 0 Å². The van der Waals surface area contributed by atoms with Crippen molar-refractivity contribution in [3.63, 3.8) is 0 Å². The molecule has 3 atom stereocenters. The Balaban J connectivity index is 4.37. The number of ether oxygens (including phenoxy) is 1. The lowest BCUT2D eigenvalue weighted by Crippen LogP contribution is -2.27. The highest BCUT2D eigenvalue weighted by Gasteiger charge is 2.26. The first-order chi connectivity index (χ1) is 9.45. The maximum atomic E-state index is 11.8. The highest BCUT2D eigenvalue weighted by atomic mass is 16.5. The van der Waals surface area contributed by atoms with Crippen LogP contribution in [0, 0.1) is 17.3 Å². The lowest BCUT2D eigenvalue weighted by atomic mass is 9.84. The van der Waals surface area contributed by atoms with Crippen molar-refractivity contribution >= 4 is 5.97 Å². The van der Waals surface area contributed by atoms with Gasteiger partial charge in [-0.15, -0.1) is 0 Å². The Labute approximate surface area is 130 Å². The minimum absolute atomic E-state index is 0.0834. The molecule has 1 N–H and O–H groups in total. The largest absolute Gasteiger partial charge is 0.462 e. The standard InChI is InChI=1S/C18H34O3/c1-12(2)15(11-16(19)13(3)4)10-9-14(5)21-17(20)18(6,7)8/h12,14-16,19H,3,9-11H2,1-2,4-8H3/t14-,15-,16-/m1/s1. The number of aliphatic hydroxyl groups excluding tert-OH is 1. The van der Waals surface area contributed by atoms with Crippen LogP contribution in [0.5, 0.6) is 0 Å². The number of aliphatic hydroxyl groups is 1. The van der Waals surface area contributed by atoms with Crippen molar-refractivity contribution in [1.29, 1.82) is 0 Å². The summed E-state index contributed by atoms with van der Waals surface area (Å²) in [5.41, 5.74) is 0.356. The van der Waals surface area contributed by atoms with E-state index in [4.69, 9.17) is 4.74 Å². The Morgan fingerprint density at radius 1 is 1.19 bits per heavy atom. The summed E-state index contributed by atoms with van der Waals surface area (Å²) >= 11 is 0. The van der Waals surface area contributed by atoms with Gasteiger partial charge in [-0.3, -0.25) is 4.79 Å². The van der Waals surface area contributed by atoms with Gasteiger partial charge in [0.2, 0.25) is 0 Å². The van der Waals surface area contributed by atoms with Crippen LogP contribution in [0.15, 0.2) is 12.2 Å². The molecule has 0 aromatic carbocycles. The summed E-state index contributed by atoms with van der Waals surface area (Å²) in [5, 5.41) is 9.98. The Hall–Kier alpha value is -0.830. The van der Waals surface area contributed by atoms with Crippen LogP contribution in [0.3, 0.4) is 0 Å². The zero-order valence-electron chi connectivity index (χ0n) is 14.9. The summed E-state index contributed by atoms with van der Waals surface area (Å²) in [6.07, 6.45) is 1.98. The molecule has 0 amide bonds. The maximum Gasteiger partial charge on any atom is 0.311 e. The Bertz CT molecular complexity index is 339. The molecule has 0 saturated carbocycles. The molecular weight excluding hydrogens is 264 g/mol. The molecule has 0 unspecified atom stereocenters. The molecule has 0 aliphatic carbocycles. The van der Waals surface area contributed by atoms with Gasteiger partial charge in [0.25, 0.3) is 0 Å². The number of carbonyl (C=O) groups excluding carboxylic acids is 1. The van der Waals surface area contributed by atoms with Crippen molar-refractivity contribution in [3.8, 4) is 0 Å². The predicted molar refractivity (Wildman–Crippen MR) is 88.0 cm³/mol. The van der Waals surface area contributed by atoms with Crippen LogP contribution in [0.2, 0.25) is 0 Å². The first-order valence-electron chi connectivity index (χ1n) is 7.99. The monoisotopic (exact) mass is 298 g/mol. The first-order valence-corrected chi connectivity index (χ1v) is 7.99. The van der Waals surface area contributed by atoms with Gasteiger partial charge in [0.15, 0.2) is 0 Å². The van der Waals surface area contributed by atoms with Crippen molar-refractivity contribution in [2.45, 2.75) is 79.9 Å². The summed E-state index contributed by atoms with van der Waals surface area (Å²) < 4.78 is 5.48. The Kier molecular flexibility index (Phi) is 8.23. The molecule has 0 aliphatic rings. The van der Waals surface area contributed by atoms with Crippen molar-refractivity contribution in [2.24, 2.45) is 17.3 Å². The smallest absolute Gasteiger partial charge is 0.311 e. The van der Waals surface area contributed by atoms with Gasteiger partial charge in [-0.25, -0.2) is 0 Å². The van der Waals surface area contributed by atoms with Crippen molar-refractivity contribution in [2.75, 3.05) is 0 Å². The number of esters is 1. The minimum Gasteiger partial charge on any atom is -0.462 e. The topological polar surface area (TPSA) is 46.5 Å². The van der Waals surface area contributed by atoms with E-state index in [2.05, 4.69) is 20.4 Å². The highest BCUT2D eigenvalue weighted by molar-refractivity contribution is 5.75. The third kappa shape index (κ3) is 8.25. The lowest BCUT2D eigenvalue weighted by molar-refractivity contribution is -0.158. The maximum absolute atomic E-state index is 11.8. The Morgan fingerprint density at radius 3 is 2.10 bits per heavy atom. The molecule has 0 spiro atoms. The fourth-order valence-electron chi connectivity index (χ4n) is 2.08. The average molecular weight is 298 g/mol. The second-order valence-electron chi connectivity index (χ2n) is 7.65. The molecule has 0 radical (unpaired) electrons. The van der Waals surface area contributed by atoms with Gasteiger partial charge < -0.3 is 9.84 Å². The molecule has 0 aromatic rings. The quantitative estimate of drug-likeness (QED) is 0.535. The molecule has 0 bridgehead atoms. The molecule has 0 heterocycles. The summed E-state index contributed by atoms with van der Waals surface area (Å²) in [4.78, 5) is 11.8. The van der Waals surface area contributed by atoms with E-state index in [0.29, 0.717) is 11.8 Å². The molecular formula is C18H34O3. The van der Waals surface area contributed by atoms with Gasteiger partial charge in [-0.2, -0.15) is 0 Å². The summed E-state index contributed by atoms with van der Waals surface area (Å²) in [6.45, 7) is 17.5. The van der Waals surface area contributed by atoms with E-state index in [1.54, 1.807) is 0 Å². The summed E-state index contributed by atoms with van der Waals surface area (Å²) in [7, 11) is 0. The second-order valence-corrected chi connectivity index (χ2v) is 7.65. The van der Waals surface area contributed by atoms with E-state index in [1.165, 1.54) is 0 Å². The zero-order valence-corrected chi connectivity index (χ0v) is 14.9. The van der Waals surface area contributed by atoms with Gasteiger partial charge in [-0.1, -0.05) is 26.0 Å². The van der Waals surface area contributed by atoms with Gasteiger partial charge in [-0.05, 0) is 65.7 Å². The molecule has 0 saturated heterocycles. The van der Waals surface area contributed by atoms with E-state index in [1.807, 2.05) is 34.6 Å². The fourth-order valence-corrected chi connectivity index (χ4v) is 2.08. The predicted octanol–water partition coefficient (Wildman–Crippen LogP) is 4.34. The van der Waals surface area contributed by atoms with Gasteiger partial charge in [0.05, 0.1) is 17.6 Å². The lowest BCUT2D eigenvalue weighted by Gasteiger charge is -2.26. The first kappa shape index (κ1) is 20.2. The molecule has 0 rings (SSSR count). The molecule has 3 nitrogen and oxygen atoms in total. The van der Waals surface area contributed by atoms with Crippen LogP contribution in [0.4, 0.5) is 0 Å². The third-order valence-electron chi connectivity index (χ3n) is 3.90. The SMILES string of the molecule is C=C(C)[C@H](O)C[C@@H](CC[C@@H](C)OC(=O)C(C)(C)C)C(C)C. The van der Waals surface area contributed by atoms with Gasteiger partial charge >= 0.3 is 5.97 Å². The molecule has 3 heteroatoms. The number of hydrogen-bond acceptors (Lipinski definition) is 3. The van der Waals surface area contributed by atoms with Crippen LogP contribution >= 0.6 is 0 Å². The molecule has 124 valence electrons. The molecule has 0 fully saturated rings. The summed E-state index contributed by atoms with van der Waals surface area (Å²) in [6, 6.07) is 0. The van der Waals surface area contributed by atoms with Crippen molar-refractivity contribution < 1.29 is 14.6 Å². The normalized spacial score (nSPS) is 16.4. The van der Waals surface area contributed by atoms with E-state index in [0.717, 1.165) is 24.8 Å². The van der Waals surface area contributed by atoms with Crippen LogP contribution in [-0.4, -0.2) is 23.3 Å². The molecule has 0 aliphatic heterocycles. The fraction of sp³-hybridized carbons (Fsp3) is 0.833. The average Bonchev–Trinajstić information content (AvgIpc) is 2.32. The van der Waals surface area contributed by atoms with Gasteiger partial charge in [0, 0.05) is 0 Å². The molecule has 0 aromatic heterocycles. The van der Waals surface area contributed by atoms with Crippen LogP contribution < -0.4 is 0 Å². The third-order valence-corrected chi connectivity index (χ3v) is 3.90. The van der Waals surface area contributed by atoms with Gasteiger partial charge in [0.1, 0.15) is 0 Å². The van der Waals surface area contributed by atoms with Crippen molar-refractivity contribution in [3.05, 3.63) is 12.2 Å². The Morgan fingerprint density at radius 2 is 1.71 bits per heavy atom. The van der Waals surface area contributed by atoms with Crippen molar-refractivity contribution in [1.82, 2.24) is 0 Å². The van der Waals surface area contributed by atoms with E-state index in [-0.39, 0.29) is 12.1 Å². The van der Waals surface area contributed by atoms with E-state index in [9.17, 15) is 9.90 Å². The number of hydrogen-bond donors (Lipinski definition) is 1. The molecule has 21 heavy (non-hydrogen) atoms. The zero-order chi connectivity index (χ0) is 16.8. The second kappa shape index (κ2) is 8.57. The number of rotatable bonds is 8. The van der Waals surface area contributed by atoms with E-state index >= 15 is 0 Å². The summed E-state index contributed by atoms with van der Waals surface area (Å²) in [5.74, 6) is 0.745. The van der Waals surface area contributed by atoms with Crippen LogP contribution in [-0.2, 0) is 9.53 Å². The number of carbonyl (C=O) groups is 1. The van der Waals surface area contributed by atoms with Crippen LogP contribution in [0.1, 0.15) is 67.7 Å². The van der Waals surface area contributed by atoms with E-state index < -0.39 is 11.5 Å². The minimum atomic E-state index is -0.456.